The van der Waals surface area contributed by atoms with Gasteiger partial charge in [-0.25, -0.2) is 4.39 Å². The summed E-state index contributed by atoms with van der Waals surface area (Å²) in [5.41, 5.74) is 3.81. The van der Waals surface area contributed by atoms with Crippen molar-refractivity contribution in [3.8, 4) is 0 Å². The molecule has 0 aliphatic carbocycles. The molecule has 2 amide bonds. The Bertz CT molecular complexity index is 1210. The number of benzene rings is 2. The maximum atomic E-state index is 13.8. The van der Waals surface area contributed by atoms with Gasteiger partial charge < -0.3 is 9.80 Å². The van der Waals surface area contributed by atoms with E-state index in [9.17, 15) is 14.0 Å². The summed E-state index contributed by atoms with van der Waals surface area (Å²) in [6, 6.07) is 16.2. The Kier molecular flexibility index (Phi) is 7.94. The highest BCUT2D eigenvalue weighted by Gasteiger charge is 2.34. The molecule has 190 valence electrons. The van der Waals surface area contributed by atoms with Gasteiger partial charge in [0, 0.05) is 23.5 Å². The first-order valence-corrected chi connectivity index (χ1v) is 13.6. The summed E-state index contributed by atoms with van der Waals surface area (Å²) >= 11 is 1.74. The quantitative estimate of drug-likeness (QED) is 0.362. The summed E-state index contributed by atoms with van der Waals surface area (Å²) in [6.07, 6.45) is 2.48. The molecular formula is C30H35FN2O2S. The van der Waals surface area contributed by atoms with Crippen LogP contribution in [-0.4, -0.2) is 41.2 Å². The van der Waals surface area contributed by atoms with Crippen LogP contribution in [0, 0.1) is 5.82 Å². The fourth-order valence-corrected chi connectivity index (χ4v) is 5.67. The SMILES string of the molecule is CCCCN(CC(=O)N1CCc2sccc2C1c1ccc(C(C)(C)C)cc1)C(=O)c1cccc(F)c1. The van der Waals surface area contributed by atoms with Crippen molar-refractivity contribution in [2.45, 2.75) is 58.4 Å². The summed E-state index contributed by atoms with van der Waals surface area (Å²) in [4.78, 5) is 31.8. The second kappa shape index (κ2) is 11.0. The third-order valence-corrected chi connectivity index (χ3v) is 7.84. The first-order chi connectivity index (χ1) is 17.2. The van der Waals surface area contributed by atoms with Crippen LogP contribution in [0.5, 0.6) is 0 Å². The number of hydrogen-bond acceptors (Lipinski definition) is 3. The predicted molar refractivity (Wildman–Crippen MR) is 144 cm³/mol. The molecule has 2 heterocycles. The van der Waals surface area contributed by atoms with Crippen LogP contribution < -0.4 is 0 Å². The van der Waals surface area contributed by atoms with Gasteiger partial charge in [0.1, 0.15) is 12.4 Å². The zero-order valence-corrected chi connectivity index (χ0v) is 22.4. The van der Waals surface area contributed by atoms with E-state index in [4.69, 9.17) is 0 Å². The molecule has 4 rings (SSSR count). The van der Waals surface area contributed by atoms with E-state index >= 15 is 0 Å². The van der Waals surface area contributed by atoms with Gasteiger partial charge in [-0.1, -0.05) is 64.4 Å². The van der Waals surface area contributed by atoms with E-state index in [1.165, 1.54) is 34.2 Å². The molecule has 0 spiro atoms. The van der Waals surface area contributed by atoms with Crippen molar-refractivity contribution in [1.82, 2.24) is 9.80 Å². The van der Waals surface area contributed by atoms with Crippen LogP contribution in [0.3, 0.4) is 0 Å². The molecule has 1 aliphatic rings. The number of halogens is 1. The van der Waals surface area contributed by atoms with Gasteiger partial charge in [0.15, 0.2) is 0 Å². The smallest absolute Gasteiger partial charge is 0.254 e. The molecule has 6 heteroatoms. The summed E-state index contributed by atoms with van der Waals surface area (Å²) in [5.74, 6) is -0.851. The third kappa shape index (κ3) is 5.70. The van der Waals surface area contributed by atoms with E-state index in [0.29, 0.717) is 13.1 Å². The third-order valence-electron chi connectivity index (χ3n) is 6.85. The van der Waals surface area contributed by atoms with Gasteiger partial charge in [-0.2, -0.15) is 0 Å². The van der Waals surface area contributed by atoms with Crippen molar-refractivity contribution < 1.29 is 14.0 Å². The van der Waals surface area contributed by atoms with Crippen LogP contribution in [0.2, 0.25) is 0 Å². The monoisotopic (exact) mass is 506 g/mol. The average Bonchev–Trinajstić information content (AvgIpc) is 3.34. The number of carbonyl (C=O) groups is 2. The highest BCUT2D eigenvalue weighted by Crippen LogP contribution is 2.38. The molecule has 0 radical (unpaired) electrons. The zero-order valence-electron chi connectivity index (χ0n) is 21.6. The Morgan fingerprint density at radius 3 is 2.53 bits per heavy atom. The first-order valence-electron chi connectivity index (χ1n) is 12.7. The molecule has 1 unspecified atom stereocenters. The minimum atomic E-state index is -0.456. The molecule has 0 saturated carbocycles. The van der Waals surface area contributed by atoms with Crippen LogP contribution in [0.15, 0.2) is 60.0 Å². The number of nitrogens with zero attached hydrogens (tertiary/aromatic N) is 2. The van der Waals surface area contributed by atoms with E-state index in [2.05, 4.69) is 56.5 Å². The number of amides is 2. The average molecular weight is 507 g/mol. The summed E-state index contributed by atoms with van der Waals surface area (Å²) in [6.45, 7) is 9.66. The standard InChI is InChI=1S/C30H35FN2O2S/c1-5-6-16-32(29(35)22-8-7-9-24(31)19-22)20-27(34)33-17-14-26-25(15-18-36-26)28(33)21-10-12-23(13-11-21)30(2,3)4/h7-13,15,18-19,28H,5-6,14,16-17,20H2,1-4H3. The maximum absolute atomic E-state index is 13.8. The maximum Gasteiger partial charge on any atom is 0.254 e. The van der Waals surface area contributed by atoms with E-state index in [1.54, 1.807) is 22.3 Å². The highest BCUT2D eigenvalue weighted by molar-refractivity contribution is 7.10. The van der Waals surface area contributed by atoms with Gasteiger partial charge in [-0.15, -0.1) is 11.3 Å². The molecule has 1 atom stereocenters. The largest absolute Gasteiger partial charge is 0.330 e. The molecule has 36 heavy (non-hydrogen) atoms. The molecule has 0 N–H and O–H groups in total. The molecule has 0 saturated heterocycles. The van der Waals surface area contributed by atoms with E-state index in [0.717, 1.165) is 24.8 Å². The lowest BCUT2D eigenvalue weighted by molar-refractivity contribution is -0.134. The van der Waals surface area contributed by atoms with Gasteiger partial charge in [0.25, 0.3) is 5.91 Å². The van der Waals surface area contributed by atoms with Crippen LogP contribution >= 0.6 is 11.3 Å². The lowest BCUT2D eigenvalue weighted by Crippen LogP contribution is -2.47. The highest BCUT2D eigenvalue weighted by atomic mass is 32.1. The van der Waals surface area contributed by atoms with Crippen molar-refractivity contribution in [1.29, 1.82) is 0 Å². The molecule has 3 aromatic rings. The zero-order chi connectivity index (χ0) is 25.9. The Morgan fingerprint density at radius 2 is 1.86 bits per heavy atom. The normalized spacial score (nSPS) is 15.5. The van der Waals surface area contributed by atoms with Gasteiger partial charge in [-0.05, 0) is 64.6 Å². The molecule has 4 nitrogen and oxygen atoms in total. The van der Waals surface area contributed by atoms with Gasteiger partial charge >= 0.3 is 0 Å². The fourth-order valence-electron chi connectivity index (χ4n) is 4.77. The topological polar surface area (TPSA) is 40.6 Å². The molecule has 1 aliphatic heterocycles. The molecule has 2 aromatic carbocycles. The van der Waals surface area contributed by atoms with E-state index < -0.39 is 5.82 Å². The van der Waals surface area contributed by atoms with Crippen molar-refractivity contribution >= 4 is 23.2 Å². The summed E-state index contributed by atoms with van der Waals surface area (Å²) in [7, 11) is 0. The summed E-state index contributed by atoms with van der Waals surface area (Å²) in [5, 5.41) is 2.09. The molecule has 0 fully saturated rings. The lowest BCUT2D eigenvalue weighted by atomic mass is 9.85. The number of rotatable bonds is 7. The molecule has 1 aromatic heterocycles. The Labute approximate surface area is 217 Å². The van der Waals surface area contributed by atoms with E-state index in [-0.39, 0.29) is 35.4 Å². The minimum absolute atomic E-state index is 0.0224. The Morgan fingerprint density at radius 1 is 1.11 bits per heavy atom. The van der Waals surface area contributed by atoms with Crippen molar-refractivity contribution in [3.05, 3.63) is 92.9 Å². The number of thiophene rings is 1. The number of hydrogen-bond donors (Lipinski definition) is 0. The van der Waals surface area contributed by atoms with Crippen molar-refractivity contribution in [2.24, 2.45) is 0 Å². The van der Waals surface area contributed by atoms with E-state index in [1.807, 2.05) is 11.8 Å². The molecule has 0 bridgehead atoms. The second-order valence-corrected chi connectivity index (χ2v) is 11.5. The van der Waals surface area contributed by atoms with Crippen molar-refractivity contribution in [2.75, 3.05) is 19.6 Å². The van der Waals surface area contributed by atoms with Crippen LogP contribution in [-0.2, 0) is 16.6 Å². The minimum Gasteiger partial charge on any atom is -0.330 e. The van der Waals surface area contributed by atoms with Gasteiger partial charge in [0.05, 0.1) is 6.04 Å². The van der Waals surface area contributed by atoms with Crippen molar-refractivity contribution in [3.63, 3.8) is 0 Å². The first kappa shape index (κ1) is 26.1. The number of fused-ring (bicyclic) bond motifs is 1. The van der Waals surface area contributed by atoms with Crippen LogP contribution in [0.1, 0.15) is 78.5 Å². The summed E-state index contributed by atoms with van der Waals surface area (Å²) < 4.78 is 13.8. The van der Waals surface area contributed by atoms with Gasteiger partial charge in [-0.3, -0.25) is 9.59 Å². The predicted octanol–water partition coefficient (Wildman–Crippen LogP) is 6.60. The second-order valence-electron chi connectivity index (χ2n) is 10.5. The number of carbonyl (C=O) groups excluding carboxylic acids is 2. The van der Waals surface area contributed by atoms with Crippen LogP contribution in [0.25, 0.3) is 0 Å². The Hall–Kier alpha value is -2.99. The molecular weight excluding hydrogens is 471 g/mol. The fraction of sp³-hybridized carbons (Fsp3) is 0.400. The lowest BCUT2D eigenvalue weighted by Gasteiger charge is -2.38. The van der Waals surface area contributed by atoms with Crippen LogP contribution in [0.4, 0.5) is 4.39 Å². The number of unbranched alkanes of at least 4 members (excludes halogenated alkanes) is 1. The van der Waals surface area contributed by atoms with Gasteiger partial charge in [0.2, 0.25) is 5.91 Å². The Balaban J connectivity index is 1.62.